The number of rotatable bonds is 7. The number of benzene rings is 1. The summed E-state index contributed by atoms with van der Waals surface area (Å²) in [5.74, 6) is 0.165. The van der Waals surface area contributed by atoms with Gasteiger partial charge in [0.15, 0.2) is 5.76 Å². The second kappa shape index (κ2) is 8.62. The Morgan fingerprint density at radius 2 is 1.90 bits per heavy atom. The van der Waals surface area contributed by atoms with Crippen molar-refractivity contribution in [1.29, 1.82) is 0 Å². The molecular formula is C20H21N3O4S2. The molecule has 0 aliphatic heterocycles. The second-order valence-corrected chi connectivity index (χ2v) is 9.36. The van der Waals surface area contributed by atoms with Gasteiger partial charge in [0.25, 0.3) is 10.0 Å². The molecule has 3 aromatic rings. The summed E-state index contributed by atoms with van der Waals surface area (Å²) < 4.78 is 33.2. The van der Waals surface area contributed by atoms with E-state index in [2.05, 4.69) is 15.2 Å². The minimum absolute atomic E-state index is 0.201. The Balaban J connectivity index is 1.76. The zero-order chi connectivity index (χ0) is 21.0. The maximum Gasteiger partial charge on any atom is 0.271 e. The van der Waals surface area contributed by atoms with Crippen LogP contribution in [0.1, 0.15) is 35.7 Å². The Labute approximate surface area is 173 Å². The molecule has 1 aromatic carbocycles. The number of sulfonamides is 1. The van der Waals surface area contributed by atoms with Gasteiger partial charge in [-0.3, -0.25) is 9.52 Å². The molecule has 9 heteroatoms. The van der Waals surface area contributed by atoms with Crippen LogP contribution >= 0.6 is 11.3 Å². The Kier molecular flexibility index (Phi) is 6.19. The van der Waals surface area contributed by atoms with Crippen LogP contribution in [0, 0.1) is 6.92 Å². The number of carbonyl (C=O) groups is 1. The molecule has 3 rings (SSSR count). The highest BCUT2D eigenvalue weighted by molar-refractivity contribution is 7.94. The van der Waals surface area contributed by atoms with E-state index in [4.69, 9.17) is 4.52 Å². The molecule has 0 spiro atoms. The highest BCUT2D eigenvalue weighted by Crippen LogP contribution is 2.27. The van der Waals surface area contributed by atoms with Crippen molar-refractivity contribution in [1.82, 2.24) is 5.16 Å². The molecule has 152 valence electrons. The number of nitrogens with zero attached hydrogens (tertiary/aromatic N) is 1. The number of aromatic nitrogens is 1. The third kappa shape index (κ3) is 5.12. The van der Waals surface area contributed by atoms with Crippen LogP contribution in [0.15, 0.2) is 45.1 Å². The van der Waals surface area contributed by atoms with E-state index in [9.17, 15) is 13.2 Å². The molecule has 0 unspecified atom stereocenters. The lowest BCUT2D eigenvalue weighted by Crippen LogP contribution is -2.11. The third-order valence-electron chi connectivity index (χ3n) is 4.07. The number of thiophene rings is 1. The van der Waals surface area contributed by atoms with Crippen molar-refractivity contribution in [2.24, 2.45) is 0 Å². The summed E-state index contributed by atoms with van der Waals surface area (Å²) in [7, 11) is -3.67. The first-order chi connectivity index (χ1) is 13.8. The van der Waals surface area contributed by atoms with Crippen LogP contribution in [0.5, 0.6) is 0 Å². The van der Waals surface area contributed by atoms with Gasteiger partial charge in [-0.25, -0.2) is 8.42 Å². The molecule has 0 aliphatic carbocycles. The molecule has 0 saturated carbocycles. The van der Waals surface area contributed by atoms with Gasteiger partial charge in [0, 0.05) is 17.5 Å². The third-order valence-corrected chi connectivity index (χ3v) is 6.99. The highest BCUT2D eigenvalue weighted by atomic mass is 32.2. The van der Waals surface area contributed by atoms with Gasteiger partial charge in [0.1, 0.15) is 15.6 Å². The lowest BCUT2D eigenvalue weighted by atomic mass is 10.2. The smallest absolute Gasteiger partial charge is 0.271 e. The van der Waals surface area contributed by atoms with E-state index in [1.165, 1.54) is 6.92 Å². The molecule has 1 amide bonds. The van der Waals surface area contributed by atoms with Crippen molar-refractivity contribution in [2.75, 3.05) is 10.0 Å². The van der Waals surface area contributed by atoms with Crippen LogP contribution in [0.4, 0.5) is 11.4 Å². The van der Waals surface area contributed by atoms with E-state index in [0.29, 0.717) is 22.8 Å². The first-order valence-corrected chi connectivity index (χ1v) is 11.2. The standard InChI is InChI=1S/C20H21N3O4S2/c1-4-15-5-7-16(8-6-15)23-29(25,26)19-12-10-17(28-19)9-11-18-20(21-14(3)24)13(2)22-27-18/h5-12,23H,4H2,1-3H3,(H,21,24)/b11-9+. The molecule has 0 atom stereocenters. The number of anilines is 2. The van der Waals surface area contributed by atoms with E-state index in [-0.39, 0.29) is 10.1 Å². The van der Waals surface area contributed by atoms with Crippen molar-refractivity contribution in [2.45, 2.75) is 31.4 Å². The summed E-state index contributed by atoms with van der Waals surface area (Å²) in [6.45, 7) is 5.17. The first kappa shape index (κ1) is 20.8. The van der Waals surface area contributed by atoms with Crippen molar-refractivity contribution < 1.29 is 17.7 Å². The highest BCUT2D eigenvalue weighted by Gasteiger charge is 2.17. The summed E-state index contributed by atoms with van der Waals surface area (Å²) >= 11 is 1.13. The molecule has 0 saturated heterocycles. The number of hydrogen-bond donors (Lipinski definition) is 2. The normalized spacial score (nSPS) is 11.7. The number of aryl methyl sites for hydroxylation is 2. The first-order valence-electron chi connectivity index (χ1n) is 8.92. The number of nitrogens with one attached hydrogen (secondary N) is 2. The topological polar surface area (TPSA) is 101 Å². The van der Waals surface area contributed by atoms with Crippen LogP contribution in [0.2, 0.25) is 0 Å². The van der Waals surface area contributed by atoms with E-state index >= 15 is 0 Å². The summed E-state index contributed by atoms with van der Waals surface area (Å²) in [5, 5.41) is 6.52. The molecule has 0 bridgehead atoms. The maximum atomic E-state index is 12.6. The Hall–Kier alpha value is -2.91. The predicted molar refractivity (Wildman–Crippen MR) is 115 cm³/mol. The van der Waals surface area contributed by atoms with Gasteiger partial charge in [-0.2, -0.15) is 0 Å². The van der Waals surface area contributed by atoms with E-state index in [0.717, 1.165) is 28.2 Å². The van der Waals surface area contributed by atoms with E-state index < -0.39 is 10.0 Å². The van der Waals surface area contributed by atoms with Crippen LogP contribution in [0.3, 0.4) is 0 Å². The fraction of sp³-hybridized carbons (Fsp3) is 0.200. The summed E-state index contributed by atoms with van der Waals surface area (Å²) in [6.07, 6.45) is 4.25. The quantitative estimate of drug-likeness (QED) is 0.572. The van der Waals surface area contributed by atoms with Crippen LogP contribution in [-0.4, -0.2) is 19.5 Å². The molecule has 0 fully saturated rings. The van der Waals surface area contributed by atoms with Crippen molar-refractivity contribution in [3.8, 4) is 0 Å². The summed E-state index contributed by atoms with van der Waals surface area (Å²) in [4.78, 5) is 12.0. The Morgan fingerprint density at radius 3 is 2.55 bits per heavy atom. The Morgan fingerprint density at radius 1 is 1.17 bits per heavy atom. The van der Waals surface area contributed by atoms with Crippen molar-refractivity contribution in [3.05, 3.63) is 58.3 Å². The Bertz CT molecular complexity index is 1140. The van der Waals surface area contributed by atoms with E-state index in [1.54, 1.807) is 43.3 Å². The van der Waals surface area contributed by atoms with Gasteiger partial charge in [0.05, 0.1) is 0 Å². The minimum atomic E-state index is -3.67. The second-order valence-electron chi connectivity index (χ2n) is 6.33. The van der Waals surface area contributed by atoms with E-state index in [1.807, 2.05) is 19.1 Å². The number of hydrogen-bond acceptors (Lipinski definition) is 6. The molecule has 2 heterocycles. The molecule has 29 heavy (non-hydrogen) atoms. The number of amides is 1. The fourth-order valence-electron chi connectivity index (χ4n) is 2.57. The summed E-state index contributed by atoms with van der Waals surface area (Å²) in [6, 6.07) is 10.5. The number of carbonyl (C=O) groups excluding carboxylic acids is 1. The van der Waals surface area contributed by atoms with Crippen LogP contribution in [-0.2, 0) is 21.2 Å². The maximum absolute atomic E-state index is 12.6. The van der Waals surface area contributed by atoms with Crippen LogP contribution in [0.25, 0.3) is 12.2 Å². The minimum Gasteiger partial charge on any atom is -0.354 e. The largest absolute Gasteiger partial charge is 0.354 e. The SMILES string of the molecule is CCc1ccc(NS(=O)(=O)c2ccc(/C=C/c3onc(C)c3NC(C)=O)s2)cc1. The predicted octanol–water partition coefficient (Wildman–Crippen LogP) is 4.54. The molecule has 7 nitrogen and oxygen atoms in total. The van der Waals surface area contributed by atoms with Crippen molar-refractivity contribution >= 4 is 50.8 Å². The van der Waals surface area contributed by atoms with Gasteiger partial charge >= 0.3 is 0 Å². The zero-order valence-electron chi connectivity index (χ0n) is 16.2. The van der Waals surface area contributed by atoms with Crippen LogP contribution < -0.4 is 10.0 Å². The summed E-state index contributed by atoms with van der Waals surface area (Å²) in [5.41, 5.74) is 2.71. The fourth-order valence-corrected chi connectivity index (χ4v) is 4.86. The lowest BCUT2D eigenvalue weighted by molar-refractivity contribution is -0.114. The molecular weight excluding hydrogens is 410 g/mol. The van der Waals surface area contributed by atoms with Gasteiger partial charge in [0.2, 0.25) is 5.91 Å². The van der Waals surface area contributed by atoms with Gasteiger partial charge < -0.3 is 9.84 Å². The average Bonchev–Trinajstić information content (AvgIpc) is 3.28. The van der Waals surface area contributed by atoms with Gasteiger partial charge in [-0.1, -0.05) is 24.2 Å². The van der Waals surface area contributed by atoms with Crippen molar-refractivity contribution in [3.63, 3.8) is 0 Å². The molecule has 2 N–H and O–H groups in total. The van der Waals surface area contributed by atoms with Gasteiger partial charge in [-0.15, -0.1) is 11.3 Å². The lowest BCUT2D eigenvalue weighted by Gasteiger charge is -2.06. The van der Waals surface area contributed by atoms with Gasteiger partial charge in [-0.05, 0) is 55.3 Å². The molecule has 0 radical (unpaired) electrons. The average molecular weight is 432 g/mol. The monoisotopic (exact) mass is 431 g/mol. The molecule has 0 aliphatic rings. The molecule has 2 aromatic heterocycles. The zero-order valence-corrected chi connectivity index (χ0v) is 17.9.